The van der Waals surface area contributed by atoms with Crippen LogP contribution in [0.25, 0.3) is 0 Å². The zero-order valence-electron chi connectivity index (χ0n) is 5.26. The van der Waals surface area contributed by atoms with Crippen molar-refractivity contribution >= 4 is 0 Å². The fraction of sp³-hybridized carbons (Fsp3) is 0.714. The van der Waals surface area contributed by atoms with Crippen molar-refractivity contribution in [3.63, 3.8) is 0 Å². The van der Waals surface area contributed by atoms with Gasteiger partial charge in [-0.25, -0.2) is 0 Å². The van der Waals surface area contributed by atoms with Crippen LogP contribution in [-0.4, -0.2) is 12.2 Å². The average molecular weight is 112 g/mol. The molecule has 0 saturated carbocycles. The van der Waals surface area contributed by atoms with Gasteiger partial charge in [-0.3, -0.25) is 0 Å². The van der Waals surface area contributed by atoms with E-state index in [1.54, 1.807) is 0 Å². The molecule has 1 unspecified atom stereocenters. The van der Waals surface area contributed by atoms with E-state index in [9.17, 15) is 0 Å². The van der Waals surface area contributed by atoms with Gasteiger partial charge in [-0.05, 0) is 19.8 Å². The summed E-state index contributed by atoms with van der Waals surface area (Å²) in [6, 6.07) is 0. The maximum Gasteiger partial charge on any atom is 0.0757 e. The molecule has 1 aliphatic rings. The monoisotopic (exact) mass is 112 g/mol. The Hall–Kier alpha value is -0.300. The molecular formula is C7H12O. The molecule has 0 aromatic rings. The Morgan fingerprint density at radius 3 is 2.62 bits per heavy atom. The lowest BCUT2D eigenvalue weighted by Gasteiger charge is -2.02. The molecule has 0 amide bonds. The molecule has 46 valence electrons. The van der Waals surface area contributed by atoms with Gasteiger partial charge in [0.2, 0.25) is 0 Å². The summed E-state index contributed by atoms with van der Waals surface area (Å²) in [5, 5.41) is 0. The van der Waals surface area contributed by atoms with Crippen molar-refractivity contribution in [3.8, 4) is 0 Å². The van der Waals surface area contributed by atoms with Crippen molar-refractivity contribution in [2.75, 3.05) is 0 Å². The summed E-state index contributed by atoms with van der Waals surface area (Å²) in [5.74, 6) is 0. The van der Waals surface area contributed by atoms with Crippen LogP contribution >= 0.6 is 0 Å². The number of hydrogen-bond donors (Lipinski definition) is 0. The molecular weight excluding hydrogens is 100 g/mol. The molecule has 0 bridgehead atoms. The van der Waals surface area contributed by atoms with Crippen LogP contribution in [0.2, 0.25) is 0 Å². The first-order chi connectivity index (χ1) is 3.83. The van der Waals surface area contributed by atoms with E-state index in [-0.39, 0.29) is 0 Å². The van der Waals surface area contributed by atoms with Crippen LogP contribution in [0.15, 0.2) is 12.7 Å². The second kappa shape index (κ2) is 2.31. The van der Waals surface area contributed by atoms with Crippen LogP contribution in [-0.2, 0) is 4.74 Å². The van der Waals surface area contributed by atoms with Crippen molar-refractivity contribution in [2.45, 2.75) is 32.0 Å². The predicted molar refractivity (Wildman–Crippen MR) is 33.8 cm³/mol. The summed E-state index contributed by atoms with van der Waals surface area (Å²) in [6.07, 6.45) is 5.02. The molecule has 0 N–H and O–H groups in total. The van der Waals surface area contributed by atoms with Crippen LogP contribution < -0.4 is 0 Å². The van der Waals surface area contributed by atoms with Gasteiger partial charge in [0.25, 0.3) is 0 Å². The van der Waals surface area contributed by atoms with Gasteiger partial charge in [-0.2, -0.15) is 0 Å². The Morgan fingerprint density at radius 1 is 1.62 bits per heavy atom. The summed E-state index contributed by atoms with van der Waals surface area (Å²) in [6.45, 7) is 5.75. The van der Waals surface area contributed by atoms with Gasteiger partial charge in [-0.15, -0.1) is 6.58 Å². The van der Waals surface area contributed by atoms with Crippen molar-refractivity contribution < 1.29 is 4.74 Å². The van der Waals surface area contributed by atoms with Crippen molar-refractivity contribution in [2.24, 2.45) is 0 Å². The largest absolute Gasteiger partial charge is 0.371 e. The summed E-state index contributed by atoms with van der Waals surface area (Å²) in [5.41, 5.74) is 0. The Balaban J connectivity index is 2.32. The van der Waals surface area contributed by atoms with E-state index in [0.29, 0.717) is 12.2 Å². The third-order valence-electron chi connectivity index (χ3n) is 1.53. The minimum absolute atomic E-state index is 0.338. The molecule has 8 heavy (non-hydrogen) atoms. The molecule has 1 aliphatic heterocycles. The van der Waals surface area contributed by atoms with E-state index in [0.717, 1.165) is 6.42 Å². The topological polar surface area (TPSA) is 9.23 Å². The molecule has 1 saturated heterocycles. The van der Waals surface area contributed by atoms with Gasteiger partial charge in [-0.1, -0.05) is 6.08 Å². The van der Waals surface area contributed by atoms with Gasteiger partial charge in [0, 0.05) is 0 Å². The highest BCUT2D eigenvalue weighted by Crippen LogP contribution is 2.18. The minimum Gasteiger partial charge on any atom is -0.371 e. The minimum atomic E-state index is 0.338. The lowest BCUT2D eigenvalue weighted by molar-refractivity contribution is 0.0835. The molecule has 0 radical (unpaired) electrons. The van der Waals surface area contributed by atoms with Gasteiger partial charge in [0.1, 0.15) is 0 Å². The van der Waals surface area contributed by atoms with E-state index in [1.807, 2.05) is 6.08 Å². The predicted octanol–water partition coefficient (Wildman–Crippen LogP) is 1.74. The Kier molecular flexibility index (Phi) is 1.69. The molecule has 1 heteroatoms. The first-order valence-corrected chi connectivity index (χ1v) is 3.11. The molecule has 1 heterocycles. The highest BCUT2D eigenvalue weighted by atomic mass is 16.5. The second-order valence-corrected chi connectivity index (χ2v) is 2.30. The quantitative estimate of drug-likeness (QED) is 0.469. The maximum atomic E-state index is 5.39. The Bertz CT molecular complexity index is 88.4. The zero-order chi connectivity index (χ0) is 5.98. The molecule has 0 aromatic heterocycles. The molecule has 2 atom stereocenters. The van der Waals surface area contributed by atoms with E-state index < -0.39 is 0 Å². The summed E-state index contributed by atoms with van der Waals surface area (Å²) in [7, 11) is 0. The Morgan fingerprint density at radius 2 is 2.38 bits per heavy atom. The molecule has 1 rings (SSSR count). The maximum absolute atomic E-state index is 5.39. The van der Waals surface area contributed by atoms with Crippen LogP contribution in [0, 0.1) is 0 Å². The first-order valence-electron chi connectivity index (χ1n) is 3.11. The highest BCUT2D eigenvalue weighted by Gasteiger charge is 2.17. The zero-order valence-corrected chi connectivity index (χ0v) is 5.26. The van der Waals surface area contributed by atoms with Crippen molar-refractivity contribution in [1.82, 2.24) is 0 Å². The van der Waals surface area contributed by atoms with Crippen molar-refractivity contribution in [3.05, 3.63) is 12.7 Å². The summed E-state index contributed by atoms with van der Waals surface area (Å²) < 4.78 is 5.39. The number of rotatable bonds is 1. The first kappa shape index (κ1) is 5.83. The fourth-order valence-corrected chi connectivity index (χ4v) is 1.01. The van der Waals surface area contributed by atoms with E-state index in [4.69, 9.17) is 4.74 Å². The van der Waals surface area contributed by atoms with Crippen molar-refractivity contribution in [1.29, 1.82) is 0 Å². The highest BCUT2D eigenvalue weighted by molar-refractivity contribution is 4.84. The smallest absolute Gasteiger partial charge is 0.0757 e. The lowest BCUT2D eigenvalue weighted by atomic mass is 10.2. The average Bonchev–Trinajstić information content (AvgIpc) is 2.14. The Labute approximate surface area is 50.3 Å². The lowest BCUT2D eigenvalue weighted by Crippen LogP contribution is -2.03. The third kappa shape index (κ3) is 1.10. The van der Waals surface area contributed by atoms with Gasteiger partial charge in [0.05, 0.1) is 12.2 Å². The van der Waals surface area contributed by atoms with E-state index in [1.165, 1.54) is 6.42 Å². The summed E-state index contributed by atoms with van der Waals surface area (Å²) >= 11 is 0. The van der Waals surface area contributed by atoms with Gasteiger partial charge >= 0.3 is 0 Å². The van der Waals surface area contributed by atoms with Gasteiger partial charge in [0.15, 0.2) is 0 Å². The molecule has 1 nitrogen and oxygen atoms in total. The summed E-state index contributed by atoms with van der Waals surface area (Å²) in [4.78, 5) is 0. The van der Waals surface area contributed by atoms with Crippen LogP contribution in [0.3, 0.4) is 0 Å². The normalized spacial score (nSPS) is 37.6. The molecule has 0 aliphatic carbocycles. The van der Waals surface area contributed by atoms with E-state index >= 15 is 0 Å². The standard InChI is InChI=1S/C7H12O/c1-3-7-5-4-6(2)8-7/h3,6-7H,1,4-5H2,2H3/t6-,7?/m1/s1. The third-order valence-corrected chi connectivity index (χ3v) is 1.53. The number of hydrogen-bond acceptors (Lipinski definition) is 1. The SMILES string of the molecule is C=CC1CC[C@@H](C)O1. The van der Waals surface area contributed by atoms with Crippen LogP contribution in [0.5, 0.6) is 0 Å². The van der Waals surface area contributed by atoms with Gasteiger partial charge < -0.3 is 4.74 Å². The van der Waals surface area contributed by atoms with Crippen LogP contribution in [0.1, 0.15) is 19.8 Å². The molecule has 0 spiro atoms. The second-order valence-electron chi connectivity index (χ2n) is 2.30. The van der Waals surface area contributed by atoms with E-state index in [2.05, 4.69) is 13.5 Å². The molecule has 0 aromatic carbocycles. The fourth-order valence-electron chi connectivity index (χ4n) is 1.01. The molecule has 1 fully saturated rings. The number of ether oxygens (including phenoxy) is 1. The van der Waals surface area contributed by atoms with Crippen LogP contribution in [0.4, 0.5) is 0 Å².